The number of ether oxygens (including phenoxy) is 1. The summed E-state index contributed by atoms with van der Waals surface area (Å²) in [6.45, 7) is 3.35. The molecule has 28 heavy (non-hydrogen) atoms. The molecule has 0 bridgehead atoms. The van der Waals surface area contributed by atoms with E-state index in [1.165, 1.54) is 11.8 Å². The molecule has 1 amide bonds. The number of thioether (sulfide) groups is 1. The molecule has 5 nitrogen and oxygen atoms in total. The number of carbonyl (C=O) groups excluding carboxylic acids is 1. The molecule has 146 valence electrons. The Bertz CT molecular complexity index is 911. The number of rotatable bonds is 6. The number of nitrogens with zero attached hydrogens (tertiary/aromatic N) is 2. The molecule has 0 unspecified atom stereocenters. The number of aromatic hydroxyl groups is 1. The second kappa shape index (κ2) is 9.60. The van der Waals surface area contributed by atoms with E-state index in [2.05, 4.69) is 20.9 Å². The van der Waals surface area contributed by atoms with Gasteiger partial charge in [-0.05, 0) is 70.5 Å². The van der Waals surface area contributed by atoms with E-state index in [4.69, 9.17) is 16.3 Å². The van der Waals surface area contributed by atoms with Gasteiger partial charge in [0, 0.05) is 6.61 Å². The predicted octanol–water partition coefficient (Wildman–Crippen LogP) is 5.45. The van der Waals surface area contributed by atoms with E-state index in [-0.39, 0.29) is 16.7 Å². The fraction of sp³-hybridized carbons (Fsp3) is 0.200. The van der Waals surface area contributed by atoms with Gasteiger partial charge < -0.3 is 9.84 Å². The van der Waals surface area contributed by atoms with E-state index >= 15 is 0 Å². The number of phenolic OH excluding ortho intramolecular Hbond substituents is 1. The summed E-state index contributed by atoms with van der Waals surface area (Å²) in [6, 6.07) is 12.8. The van der Waals surface area contributed by atoms with E-state index in [9.17, 15) is 9.90 Å². The van der Waals surface area contributed by atoms with Crippen LogP contribution in [-0.2, 0) is 9.53 Å². The van der Waals surface area contributed by atoms with Crippen molar-refractivity contribution in [2.45, 2.75) is 6.92 Å². The van der Waals surface area contributed by atoms with Gasteiger partial charge in [-0.25, -0.2) is 4.99 Å². The highest BCUT2D eigenvalue weighted by atomic mass is 79.9. The molecule has 1 aliphatic rings. The maximum absolute atomic E-state index is 12.9. The van der Waals surface area contributed by atoms with Crippen LogP contribution in [0.2, 0.25) is 5.02 Å². The van der Waals surface area contributed by atoms with Crippen LogP contribution in [0.5, 0.6) is 5.75 Å². The lowest BCUT2D eigenvalue weighted by Gasteiger charge is -2.15. The highest BCUT2D eigenvalue weighted by Crippen LogP contribution is 2.37. The van der Waals surface area contributed by atoms with Gasteiger partial charge in [-0.15, -0.1) is 0 Å². The first kappa shape index (κ1) is 20.9. The summed E-state index contributed by atoms with van der Waals surface area (Å²) in [5.41, 5.74) is 1.48. The summed E-state index contributed by atoms with van der Waals surface area (Å²) in [5, 5.41) is 10.6. The second-order valence-corrected chi connectivity index (χ2v) is 8.10. The molecule has 0 radical (unpaired) electrons. The highest BCUT2D eigenvalue weighted by molar-refractivity contribution is 9.10. The lowest BCUT2D eigenvalue weighted by molar-refractivity contribution is -0.122. The third-order valence-electron chi connectivity index (χ3n) is 3.87. The summed E-state index contributed by atoms with van der Waals surface area (Å²) < 4.78 is 5.88. The molecule has 1 fully saturated rings. The van der Waals surface area contributed by atoms with Gasteiger partial charge in [0.25, 0.3) is 5.91 Å². The Labute approximate surface area is 181 Å². The first-order valence-electron chi connectivity index (χ1n) is 8.60. The molecule has 1 N–H and O–H groups in total. The molecule has 2 aromatic carbocycles. The lowest BCUT2D eigenvalue weighted by atomic mass is 10.2. The molecule has 1 heterocycles. The van der Waals surface area contributed by atoms with Crippen LogP contribution < -0.4 is 0 Å². The average molecular weight is 482 g/mol. The summed E-state index contributed by atoms with van der Waals surface area (Å²) in [7, 11) is 0. The average Bonchev–Trinajstić information content (AvgIpc) is 2.96. The molecule has 2 aromatic rings. The quantitative estimate of drug-likeness (QED) is 0.440. The van der Waals surface area contributed by atoms with E-state index in [0.717, 1.165) is 5.69 Å². The second-order valence-electron chi connectivity index (χ2n) is 5.83. The molecular weight excluding hydrogens is 464 g/mol. The first-order chi connectivity index (χ1) is 13.5. The number of hydrogen-bond acceptors (Lipinski definition) is 5. The normalized spacial score (nSPS) is 17.1. The number of amides is 1. The molecule has 0 aliphatic carbocycles. The van der Waals surface area contributed by atoms with Gasteiger partial charge in [-0.1, -0.05) is 29.8 Å². The third-order valence-corrected chi connectivity index (χ3v) is 5.77. The van der Waals surface area contributed by atoms with Crippen LogP contribution in [-0.4, -0.2) is 40.8 Å². The topological polar surface area (TPSA) is 62.1 Å². The number of amidine groups is 1. The molecule has 1 saturated heterocycles. The van der Waals surface area contributed by atoms with Crippen molar-refractivity contribution in [3.05, 3.63) is 62.4 Å². The standard InChI is InChI=1S/C20H18BrClN2O3S/c1-2-27-9-8-24-19(26)17(12-13-10-15(21)18(25)16(22)11-13)28-20(24)23-14-6-4-3-5-7-14/h3-7,10-12,25H,2,8-9H2,1H3/b17-12+,23-20?. The summed E-state index contributed by atoms with van der Waals surface area (Å²) in [5.74, 6) is -0.168. The van der Waals surface area contributed by atoms with Gasteiger partial charge in [0.1, 0.15) is 5.75 Å². The van der Waals surface area contributed by atoms with Crippen molar-refractivity contribution >= 4 is 62.1 Å². The van der Waals surface area contributed by atoms with Crippen molar-refractivity contribution in [1.82, 2.24) is 4.90 Å². The minimum Gasteiger partial charge on any atom is -0.505 e. The fourth-order valence-electron chi connectivity index (χ4n) is 2.52. The number of phenols is 1. The van der Waals surface area contributed by atoms with Crippen LogP contribution in [0.1, 0.15) is 12.5 Å². The molecule has 0 aromatic heterocycles. The predicted molar refractivity (Wildman–Crippen MR) is 118 cm³/mol. The molecule has 0 spiro atoms. The highest BCUT2D eigenvalue weighted by Gasteiger charge is 2.33. The maximum atomic E-state index is 12.9. The Morgan fingerprint density at radius 1 is 1.32 bits per heavy atom. The Morgan fingerprint density at radius 2 is 2.07 bits per heavy atom. The smallest absolute Gasteiger partial charge is 0.266 e. The number of carbonyl (C=O) groups is 1. The molecule has 0 atom stereocenters. The first-order valence-corrected chi connectivity index (χ1v) is 10.6. The van der Waals surface area contributed by atoms with Gasteiger partial charge in [0.15, 0.2) is 5.17 Å². The van der Waals surface area contributed by atoms with Crippen molar-refractivity contribution in [3.63, 3.8) is 0 Å². The zero-order chi connectivity index (χ0) is 20.1. The van der Waals surface area contributed by atoms with E-state index in [1.54, 1.807) is 23.1 Å². The van der Waals surface area contributed by atoms with Crippen LogP contribution in [0.25, 0.3) is 6.08 Å². The van der Waals surface area contributed by atoms with Crippen molar-refractivity contribution < 1.29 is 14.6 Å². The Morgan fingerprint density at radius 3 is 2.75 bits per heavy atom. The lowest BCUT2D eigenvalue weighted by Crippen LogP contribution is -2.32. The van der Waals surface area contributed by atoms with Crippen molar-refractivity contribution in [2.24, 2.45) is 4.99 Å². The molecular formula is C20H18BrClN2O3S. The van der Waals surface area contributed by atoms with Crippen molar-refractivity contribution in [1.29, 1.82) is 0 Å². The molecule has 8 heteroatoms. The SMILES string of the molecule is CCOCCN1C(=O)/C(=C\c2cc(Cl)c(O)c(Br)c2)SC1=Nc1ccccc1. The minimum atomic E-state index is -0.139. The Balaban J connectivity index is 1.93. The van der Waals surface area contributed by atoms with Gasteiger partial charge in [0.2, 0.25) is 0 Å². The Kier molecular flexibility index (Phi) is 7.18. The zero-order valence-corrected chi connectivity index (χ0v) is 18.2. The number of halogens is 2. The number of para-hydroxylation sites is 1. The summed E-state index contributed by atoms with van der Waals surface area (Å²) >= 11 is 10.6. The molecule has 3 rings (SSSR count). The van der Waals surface area contributed by atoms with Crippen molar-refractivity contribution in [2.75, 3.05) is 19.8 Å². The zero-order valence-electron chi connectivity index (χ0n) is 15.1. The third kappa shape index (κ3) is 4.97. The van der Waals surface area contributed by atoms with Crippen LogP contribution in [0, 0.1) is 0 Å². The fourth-order valence-corrected chi connectivity index (χ4v) is 4.37. The van der Waals surface area contributed by atoms with Crippen LogP contribution in [0.4, 0.5) is 5.69 Å². The van der Waals surface area contributed by atoms with Crippen LogP contribution in [0.15, 0.2) is 56.8 Å². The van der Waals surface area contributed by atoms with Gasteiger partial charge >= 0.3 is 0 Å². The summed E-state index contributed by atoms with van der Waals surface area (Å²) in [4.78, 5) is 19.7. The van der Waals surface area contributed by atoms with E-state index < -0.39 is 0 Å². The van der Waals surface area contributed by atoms with Gasteiger partial charge in [0.05, 0.1) is 33.2 Å². The number of aliphatic imine (C=N–C) groups is 1. The Hall–Kier alpha value is -1.80. The van der Waals surface area contributed by atoms with E-state index in [1.807, 2.05) is 37.3 Å². The maximum Gasteiger partial charge on any atom is 0.266 e. The minimum absolute atomic E-state index is 0.0288. The van der Waals surface area contributed by atoms with Crippen molar-refractivity contribution in [3.8, 4) is 5.75 Å². The number of hydrogen-bond donors (Lipinski definition) is 1. The largest absolute Gasteiger partial charge is 0.505 e. The van der Waals surface area contributed by atoms with Crippen LogP contribution >= 0.6 is 39.3 Å². The molecule has 1 aliphatic heterocycles. The summed E-state index contributed by atoms with van der Waals surface area (Å²) in [6.07, 6.45) is 1.74. The monoisotopic (exact) mass is 480 g/mol. The van der Waals surface area contributed by atoms with Crippen LogP contribution in [0.3, 0.4) is 0 Å². The molecule has 0 saturated carbocycles. The van der Waals surface area contributed by atoms with Gasteiger partial charge in [-0.3, -0.25) is 9.69 Å². The van der Waals surface area contributed by atoms with E-state index in [0.29, 0.717) is 39.9 Å². The number of benzene rings is 2. The van der Waals surface area contributed by atoms with Gasteiger partial charge in [-0.2, -0.15) is 0 Å².